The number of aryl methyl sites for hydroxylation is 4. The normalized spacial score (nSPS) is 12.1. The fourth-order valence-electron chi connectivity index (χ4n) is 10.8. The number of rotatable bonds is 7. The second-order valence-corrected chi connectivity index (χ2v) is 19.8. The summed E-state index contributed by atoms with van der Waals surface area (Å²) in [7, 11) is 0. The third kappa shape index (κ3) is 8.27. The summed E-state index contributed by atoms with van der Waals surface area (Å²) in [6, 6.07) is 64.0. The minimum absolute atomic E-state index is 0.259. The van der Waals surface area contributed by atoms with Gasteiger partial charge in [0.05, 0.1) is 56.2 Å². The van der Waals surface area contributed by atoms with Crippen molar-refractivity contribution in [3.8, 4) is 73.1 Å². The van der Waals surface area contributed by atoms with E-state index in [0.717, 1.165) is 94.4 Å². The predicted molar refractivity (Wildman–Crippen MR) is 296 cm³/mol. The molecule has 0 radical (unpaired) electrons. The quantitative estimate of drug-likeness (QED) is 0.147. The van der Waals surface area contributed by atoms with Crippen molar-refractivity contribution in [1.82, 2.24) is 9.13 Å². The molecule has 0 spiro atoms. The zero-order chi connectivity index (χ0) is 52.8. The van der Waals surface area contributed by atoms with Gasteiger partial charge >= 0.3 is 12.4 Å². The van der Waals surface area contributed by atoms with Gasteiger partial charge in [0.25, 0.3) is 0 Å². The lowest BCUT2D eigenvalue weighted by Gasteiger charge is -2.23. The van der Waals surface area contributed by atoms with Crippen molar-refractivity contribution in [3.05, 3.63) is 239 Å². The maximum Gasteiger partial charge on any atom is 0.417 e. The van der Waals surface area contributed by atoms with Crippen LogP contribution in [0.2, 0.25) is 0 Å². The minimum atomic E-state index is -5.22. The second-order valence-electron chi connectivity index (χ2n) is 19.8. The first-order valence-electron chi connectivity index (χ1n) is 24.8. The van der Waals surface area contributed by atoms with Gasteiger partial charge in [-0.2, -0.15) is 31.6 Å². The Labute approximate surface area is 434 Å². The van der Waals surface area contributed by atoms with E-state index in [0.29, 0.717) is 39.9 Å². The summed E-state index contributed by atoms with van der Waals surface area (Å²) in [6.45, 7) is 8.09. The number of hydrogen-bond acceptors (Lipinski definition) is 1. The van der Waals surface area contributed by atoms with E-state index in [-0.39, 0.29) is 11.3 Å². The third-order valence-corrected chi connectivity index (χ3v) is 14.7. The lowest BCUT2D eigenvalue weighted by atomic mass is 9.89. The molecule has 2 aromatic heterocycles. The fourth-order valence-corrected chi connectivity index (χ4v) is 10.8. The Morgan fingerprint density at radius 3 is 0.895 bits per heavy atom. The molecule has 0 saturated heterocycles. The fraction of sp³-hybridized carbons (Fsp3) is 0.0896. The zero-order valence-corrected chi connectivity index (χ0v) is 41.7. The van der Waals surface area contributed by atoms with Crippen molar-refractivity contribution in [2.45, 2.75) is 40.0 Å². The van der Waals surface area contributed by atoms with E-state index in [1.165, 1.54) is 12.1 Å². The summed E-state index contributed by atoms with van der Waals surface area (Å²) in [6.07, 6.45) is -10.4. The first-order valence-corrected chi connectivity index (χ1v) is 24.8. The van der Waals surface area contributed by atoms with Crippen LogP contribution in [0.5, 0.6) is 0 Å². The number of hydrogen-bond donors (Lipinski definition) is 0. The van der Waals surface area contributed by atoms with Gasteiger partial charge in [-0.1, -0.05) is 150 Å². The Kier molecular flexibility index (Phi) is 11.4. The molecule has 12 aromatic rings. The van der Waals surface area contributed by atoms with Crippen LogP contribution in [0.15, 0.2) is 200 Å². The number of nitriles is 1. The highest BCUT2D eigenvalue weighted by atomic mass is 19.4. The van der Waals surface area contributed by atoms with Crippen LogP contribution in [-0.2, 0) is 12.4 Å². The van der Waals surface area contributed by atoms with Gasteiger partial charge in [-0.15, -0.1) is 0 Å². The molecule has 10 aromatic carbocycles. The standard InChI is InChI=1S/C67H45F6N3/c1-39-8-16-43(17-9-39)47-24-28-59-53(32-47)54-33-48(44-18-10-40(2)11-19-44)25-29-60(54)75(59)63-36-51(38-74)52(65-57(66(68,69)70)6-5-7-58(65)67(71,72)73)37-64(63)76-61-30-26-49(45-20-12-41(3)13-21-45)34-55(61)56-35-50(27-31-62(56)76)46-22-14-42(4)15-23-46/h5-37H,1-4H3. The molecule has 0 atom stereocenters. The van der Waals surface area contributed by atoms with E-state index < -0.39 is 34.6 Å². The van der Waals surface area contributed by atoms with Crippen molar-refractivity contribution in [2.24, 2.45) is 0 Å². The molecule has 9 heteroatoms. The second kappa shape index (κ2) is 18.1. The van der Waals surface area contributed by atoms with E-state index in [1.54, 1.807) is 0 Å². The van der Waals surface area contributed by atoms with E-state index in [1.807, 2.05) is 134 Å². The molecule has 0 amide bonds. The molecule has 76 heavy (non-hydrogen) atoms. The van der Waals surface area contributed by atoms with Crippen LogP contribution in [0.1, 0.15) is 38.9 Å². The first kappa shape index (κ1) is 47.8. The molecule has 12 rings (SSSR count). The largest absolute Gasteiger partial charge is 0.417 e. The molecule has 2 heterocycles. The molecule has 0 bridgehead atoms. The Morgan fingerprint density at radius 2 is 0.618 bits per heavy atom. The van der Waals surface area contributed by atoms with Crippen molar-refractivity contribution in [1.29, 1.82) is 5.26 Å². The third-order valence-electron chi connectivity index (χ3n) is 14.7. The molecule has 0 aliphatic carbocycles. The molecule has 0 saturated carbocycles. The van der Waals surface area contributed by atoms with Gasteiger partial charge in [0.15, 0.2) is 0 Å². The Bertz CT molecular complexity index is 4080. The van der Waals surface area contributed by atoms with Crippen molar-refractivity contribution in [3.63, 3.8) is 0 Å². The number of nitrogens with zero attached hydrogens (tertiary/aromatic N) is 3. The van der Waals surface area contributed by atoms with Crippen LogP contribution >= 0.6 is 0 Å². The number of halogens is 6. The van der Waals surface area contributed by atoms with Gasteiger partial charge in [-0.05, 0) is 145 Å². The molecular formula is C67H45F6N3. The van der Waals surface area contributed by atoms with Crippen molar-refractivity contribution >= 4 is 43.6 Å². The molecule has 0 unspecified atom stereocenters. The Morgan fingerprint density at radius 1 is 0.342 bits per heavy atom. The summed E-state index contributed by atoms with van der Waals surface area (Å²) in [5, 5.41) is 14.4. The molecule has 0 fully saturated rings. The topological polar surface area (TPSA) is 33.6 Å². The highest BCUT2D eigenvalue weighted by Gasteiger charge is 2.42. The minimum Gasteiger partial charge on any atom is -0.307 e. The molecular weight excluding hydrogens is 961 g/mol. The lowest BCUT2D eigenvalue weighted by molar-refractivity contribution is -0.142. The molecule has 3 nitrogen and oxygen atoms in total. The summed E-state index contributed by atoms with van der Waals surface area (Å²) in [5.41, 5.74) is 10.4. The number of aromatic nitrogens is 2. The molecule has 0 aliphatic rings. The highest BCUT2D eigenvalue weighted by Crippen LogP contribution is 2.49. The van der Waals surface area contributed by atoms with Crippen LogP contribution in [0.25, 0.3) is 111 Å². The Hall–Kier alpha value is -9.13. The van der Waals surface area contributed by atoms with Crippen LogP contribution in [0, 0.1) is 39.0 Å². The van der Waals surface area contributed by atoms with Crippen molar-refractivity contribution < 1.29 is 26.3 Å². The summed E-state index contributed by atoms with van der Waals surface area (Å²) in [5.74, 6) is 0. The first-order chi connectivity index (χ1) is 36.5. The lowest BCUT2D eigenvalue weighted by Crippen LogP contribution is -2.15. The maximum absolute atomic E-state index is 15.3. The van der Waals surface area contributed by atoms with E-state index in [9.17, 15) is 5.26 Å². The summed E-state index contributed by atoms with van der Waals surface area (Å²) < 4.78 is 95.5. The monoisotopic (exact) mass is 1010 g/mol. The van der Waals surface area contributed by atoms with Gasteiger partial charge < -0.3 is 9.13 Å². The van der Waals surface area contributed by atoms with Gasteiger partial charge in [-0.25, -0.2) is 0 Å². The van der Waals surface area contributed by atoms with Crippen LogP contribution in [-0.4, -0.2) is 9.13 Å². The highest BCUT2D eigenvalue weighted by molar-refractivity contribution is 6.14. The molecule has 0 N–H and O–H groups in total. The number of alkyl halides is 6. The molecule has 0 aliphatic heterocycles. The average Bonchev–Trinajstić information content (AvgIpc) is 3.92. The maximum atomic E-state index is 15.3. The molecule has 370 valence electrons. The van der Waals surface area contributed by atoms with Gasteiger partial charge in [-0.3, -0.25) is 0 Å². The van der Waals surface area contributed by atoms with E-state index >= 15 is 26.3 Å². The smallest absolute Gasteiger partial charge is 0.307 e. The van der Waals surface area contributed by atoms with E-state index in [2.05, 4.69) is 78.9 Å². The van der Waals surface area contributed by atoms with Crippen molar-refractivity contribution in [2.75, 3.05) is 0 Å². The SMILES string of the molecule is Cc1ccc(-c2ccc3c(c2)c2cc(-c4ccc(C)cc4)ccc2n3-c2cc(C#N)c(-c3c(C(F)(F)F)cccc3C(F)(F)F)cc2-n2c3ccc(-c4ccc(C)cc4)cc3c3cc(-c4ccc(C)cc4)ccc32)cc1. The zero-order valence-electron chi connectivity index (χ0n) is 41.7. The van der Waals surface area contributed by atoms with Gasteiger partial charge in [0.2, 0.25) is 0 Å². The van der Waals surface area contributed by atoms with Gasteiger partial charge in [0, 0.05) is 32.7 Å². The Balaban J connectivity index is 1.24. The van der Waals surface area contributed by atoms with Crippen LogP contribution in [0.3, 0.4) is 0 Å². The summed E-state index contributed by atoms with van der Waals surface area (Å²) in [4.78, 5) is 0. The average molecular weight is 1010 g/mol. The van der Waals surface area contributed by atoms with Crippen LogP contribution < -0.4 is 0 Å². The summed E-state index contributed by atoms with van der Waals surface area (Å²) >= 11 is 0. The van der Waals surface area contributed by atoms with E-state index in [4.69, 9.17) is 0 Å². The van der Waals surface area contributed by atoms with Gasteiger partial charge in [0.1, 0.15) is 0 Å². The number of fused-ring (bicyclic) bond motifs is 6. The van der Waals surface area contributed by atoms with Crippen LogP contribution in [0.4, 0.5) is 26.3 Å². The predicted octanol–water partition coefficient (Wildman–Crippen LogP) is 19.4. The number of benzene rings is 10.